The van der Waals surface area contributed by atoms with Crippen LogP contribution in [0.4, 0.5) is 0 Å². The van der Waals surface area contributed by atoms with Gasteiger partial charge in [-0.1, -0.05) is 5.16 Å². The van der Waals surface area contributed by atoms with E-state index in [4.69, 9.17) is 15.7 Å². The van der Waals surface area contributed by atoms with E-state index in [0.717, 1.165) is 25.9 Å². The van der Waals surface area contributed by atoms with Crippen LogP contribution in [0.25, 0.3) is 0 Å². The zero-order chi connectivity index (χ0) is 15.5. The second-order valence-corrected chi connectivity index (χ2v) is 6.15. The molecule has 2 fully saturated rings. The minimum Gasteiger partial charge on any atom is -0.409 e. The summed E-state index contributed by atoms with van der Waals surface area (Å²) >= 11 is 0. The minimum atomic E-state index is -0.919. The number of ether oxygens (including phenoxy) is 1. The summed E-state index contributed by atoms with van der Waals surface area (Å²) in [5, 5.41) is 12.2. The maximum Gasteiger partial charge on any atom is 0.236 e. The van der Waals surface area contributed by atoms with Crippen LogP contribution >= 0.6 is 0 Å². The topological polar surface area (TPSA) is 91.4 Å². The van der Waals surface area contributed by atoms with Crippen molar-refractivity contribution in [2.24, 2.45) is 16.3 Å². The van der Waals surface area contributed by atoms with Crippen LogP contribution < -0.4 is 5.73 Å². The molecule has 0 radical (unpaired) electrons. The fraction of sp³-hybridized carbons (Fsp3) is 0.857. The number of carbonyl (C=O) groups is 1. The van der Waals surface area contributed by atoms with Crippen molar-refractivity contribution < 1.29 is 14.7 Å². The Bertz CT molecular complexity index is 407. The van der Waals surface area contributed by atoms with E-state index in [-0.39, 0.29) is 17.8 Å². The summed E-state index contributed by atoms with van der Waals surface area (Å²) < 4.78 is 5.34. The molecular formula is C14H26N4O3. The van der Waals surface area contributed by atoms with Gasteiger partial charge in [0.05, 0.1) is 0 Å². The highest BCUT2D eigenvalue weighted by Gasteiger charge is 2.47. The van der Waals surface area contributed by atoms with Crippen LogP contribution in [0.5, 0.6) is 0 Å². The maximum absolute atomic E-state index is 13.0. The molecule has 120 valence electrons. The van der Waals surface area contributed by atoms with Gasteiger partial charge in [-0.05, 0) is 39.3 Å². The quantitative estimate of drug-likeness (QED) is 0.333. The van der Waals surface area contributed by atoms with E-state index < -0.39 is 5.41 Å². The first-order valence-electron chi connectivity index (χ1n) is 7.53. The van der Waals surface area contributed by atoms with Gasteiger partial charge in [0.25, 0.3) is 0 Å². The standard InChI is InChI=1S/C14H26N4O3/c1-17-7-3-4-11(10-17)18(2)13(19)14(12(15)16-20)5-8-21-9-6-14/h11,20H,3-10H2,1-2H3,(H2,15,16). The summed E-state index contributed by atoms with van der Waals surface area (Å²) in [4.78, 5) is 17.0. The Morgan fingerprint density at radius 1 is 1.48 bits per heavy atom. The summed E-state index contributed by atoms with van der Waals surface area (Å²) in [5.41, 5.74) is 4.95. The number of rotatable bonds is 3. The fourth-order valence-electron chi connectivity index (χ4n) is 3.35. The number of hydrogen-bond acceptors (Lipinski definition) is 5. The molecule has 1 amide bonds. The van der Waals surface area contributed by atoms with Crippen molar-refractivity contribution in [2.75, 3.05) is 40.4 Å². The van der Waals surface area contributed by atoms with E-state index in [9.17, 15) is 4.79 Å². The third-order valence-electron chi connectivity index (χ3n) is 4.82. The Kier molecular flexibility index (Phi) is 5.05. The summed E-state index contributed by atoms with van der Waals surface area (Å²) in [6.45, 7) is 2.85. The Hall–Kier alpha value is -1.34. The molecule has 2 aliphatic heterocycles. The Morgan fingerprint density at radius 3 is 2.71 bits per heavy atom. The molecule has 0 spiro atoms. The lowest BCUT2D eigenvalue weighted by Gasteiger charge is -2.42. The maximum atomic E-state index is 13.0. The third kappa shape index (κ3) is 3.13. The first-order chi connectivity index (χ1) is 10.0. The third-order valence-corrected chi connectivity index (χ3v) is 4.82. The van der Waals surface area contributed by atoms with Gasteiger partial charge in [0, 0.05) is 32.8 Å². The van der Waals surface area contributed by atoms with Crippen molar-refractivity contribution in [1.29, 1.82) is 0 Å². The molecule has 2 rings (SSSR count). The van der Waals surface area contributed by atoms with Gasteiger partial charge in [-0.2, -0.15) is 0 Å². The van der Waals surface area contributed by atoms with E-state index in [0.29, 0.717) is 26.1 Å². The number of amidine groups is 1. The molecule has 0 aromatic rings. The van der Waals surface area contributed by atoms with E-state index >= 15 is 0 Å². The number of nitrogens with two attached hydrogens (primary N) is 1. The summed E-state index contributed by atoms with van der Waals surface area (Å²) in [6.07, 6.45) is 3.01. The van der Waals surface area contributed by atoms with Crippen LogP contribution in [0.15, 0.2) is 5.16 Å². The predicted octanol–water partition coefficient (Wildman–Crippen LogP) is 0.0822. The van der Waals surface area contributed by atoms with Crippen molar-refractivity contribution in [3.8, 4) is 0 Å². The van der Waals surface area contributed by atoms with Crippen LogP contribution in [-0.4, -0.2) is 73.2 Å². The lowest BCUT2D eigenvalue weighted by atomic mass is 9.77. The summed E-state index contributed by atoms with van der Waals surface area (Å²) in [6, 6.07) is 0.183. The van der Waals surface area contributed by atoms with Gasteiger partial charge in [-0.25, -0.2) is 0 Å². The van der Waals surface area contributed by atoms with Gasteiger partial charge < -0.3 is 25.5 Å². The van der Waals surface area contributed by atoms with Gasteiger partial charge in [-0.3, -0.25) is 4.79 Å². The predicted molar refractivity (Wildman–Crippen MR) is 79.2 cm³/mol. The summed E-state index contributed by atoms with van der Waals surface area (Å²) in [5.74, 6) is -0.0479. The van der Waals surface area contributed by atoms with E-state index in [2.05, 4.69) is 17.1 Å². The lowest BCUT2D eigenvalue weighted by molar-refractivity contribution is -0.144. The second kappa shape index (κ2) is 6.62. The van der Waals surface area contributed by atoms with Crippen molar-refractivity contribution in [3.05, 3.63) is 0 Å². The Labute approximate surface area is 125 Å². The zero-order valence-corrected chi connectivity index (χ0v) is 12.9. The van der Waals surface area contributed by atoms with Gasteiger partial charge in [0.2, 0.25) is 5.91 Å². The molecule has 2 heterocycles. The molecular weight excluding hydrogens is 272 g/mol. The zero-order valence-electron chi connectivity index (χ0n) is 12.9. The van der Waals surface area contributed by atoms with Crippen LogP contribution in [0.2, 0.25) is 0 Å². The molecule has 0 aliphatic carbocycles. The van der Waals surface area contributed by atoms with Crippen LogP contribution in [0.3, 0.4) is 0 Å². The average Bonchev–Trinajstić information content (AvgIpc) is 2.53. The number of piperidine rings is 1. The normalized spacial score (nSPS) is 27.3. The smallest absolute Gasteiger partial charge is 0.236 e. The molecule has 3 N–H and O–H groups in total. The SMILES string of the molecule is CN1CCCC(N(C)C(=O)C2(C(N)=NO)CCOCC2)C1. The van der Waals surface area contributed by atoms with Gasteiger partial charge in [0.1, 0.15) is 5.41 Å². The molecule has 0 aromatic heterocycles. The largest absolute Gasteiger partial charge is 0.409 e. The highest BCUT2D eigenvalue weighted by molar-refractivity contribution is 6.06. The van der Waals surface area contributed by atoms with Gasteiger partial charge in [0.15, 0.2) is 5.84 Å². The molecule has 2 saturated heterocycles. The number of likely N-dealkylation sites (N-methyl/N-ethyl adjacent to an activating group) is 2. The highest BCUT2D eigenvalue weighted by Crippen LogP contribution is 2.34. The second-order valence-electron chi connectivity index (χ2n) is 6.15. The van der Waals surface area contributed by atoms with Crippen LogP contribution in [0, 0.1) is 5.41 Å². The van der Waals surface area contributed by atoms with E-state index in [1.807, 2.05) is 7.05 Å². The first kappa shape index (κ1) is 16.0. The molecule has 7 nitrogen and oxygen atoms in total. The van der Waals surface area contributed by atoms with Crippen molar-refractivity contribution in [1.82, 2.24) is 9.80 Å². The van der Waals surface area contributed by atoms with E-state index in [1.54, 1.807) is 4.90 Å². The van der Waals surface area contributed by atoms with Crippen molar-refractivity contribution in [2.45, 2.75) is 31.7 Å². The molecule has 1 unspecified atom stereocenters. The monoisotopic (exact) mass is 298 g/mol. The summed E-state index contributed by atoms with van der Waals surface area (Å²) in [7, 11) is 3.90. The first-order valence-corrected chi connectivity index (χ1v) is 7.53. The number of oxime groups is 1. The highest BCUT2D eigenvalue weighted by atomic mass is 16.5. The van der Waals surface area contributed by atoms with Crippen molar-refractivity contribution in [3.63, 3.8) is 0 Å². The Balaban J connectivity index is 2.17. The fourth-order valence-corrected chi connectivity index (χ4v) is 3.35. The molecule has 0 saturated carbocycles. The van der Waals surface area contributed by atoms with Crippen LogP contribution in [-0.2, 0) is 9.53 Å². The molecule has 0 bridgehead atoms. The van der Waals surface area contributed by atoms with Crippen LogP contribution in [0.1, 0.15) is 25.7 Å². The number of amides is 1. The minimum absolute atomic E-state index is 0.00631. The number of hydrogen-bond donors (Lipinski definition) is 2. The molecule has 7 heteroatoms. The van der Waals surface area contributed by atoms with Gasteiger partial charge in [-0.15, -0.1) is 0 Å². The number of nitrogens with zero attached hydrogens (tertiary/aromatic N) is 3. The van der Waals surface area contributed by atoms with E-state index in [1.165, 1.54) is 0 Å². The number of carbonyl (C=O) groups excluding carboxylic acids is 1. The molecule has 0 aromatic carbocycles. The molecule has 2 aliphatic rings. The van der Waals surface area contributed by atoms with Gasteiger partial charge >= 0.3 is 0 Å². The number of likely N-dealkylation sites (tertiary alicyclic amines) is 1. The van der Waals surface area contributed by atoms with Crippen molar-refractivity contribution >= 4 is 11.7 Å². The molecule has 21 heavy (non-hydrogen) atoms. The lowest BCUT2D eigenvalue weighted by Crippen LogP contribution is -2.57. The Morgan fingerprint density at radius 2 is 2.14 bits per heavy atom. The average molecular weight is 298 g/mol. The molecule has 1 atom stereocenters.